The van der Waals surface area contributed by atoms with Crippen molar-refractivity contribution >= 4 is 31.5 Å². The van der Waals surface area contributed by atoms with Crippen LogP contribution in [0, 0.1) is 0 Å². The third-order valence-electron chi connectivity index (χ3n) is 2.14. The topological polar surface area (TPSA) is 98.7 Å². The van der Waals surface area contributed by atoms with E-state index in [1.807, 2.05) is 0 Å². The van der Waals surface area contributed by atoms with Gasteiger partial charge in [0.1, 0.15) is 0 Å². The van der Waals surface area contributed by atoms with Crippen LogP contribution in [-0.2, 0) is 4.79 Å². The number of carbonyl (C=O) groups excluding carboxylic acids is 2. The number of benzene rings is 1. The third-order valence-corrected chi connectivity index (χ3v) is 3.74. The molecule has 0 saturated carbocycles. The first-order chi connectivity index (χ1) is 8.50. The summed E-state index contributed by atoms with van der Waals surface area (Å²) in [5.74, 6) is -0.405. The van der Waals surface area contributed by atoms with Gasteiger partial charge in [0.2, 0.25) is 0 Å². The Kier molecular flexibility index (Phi) is 5.84. The van der Waals surface area contributed by atoms with E-state index in [-0.39, 0.29) is 11.8 Å². The predicted molar refractivity (Wildman–Crippen MR) is 67.3 cm³/mol. The Bertz CT molecular complexity index is 420. The van der Waals surface area contributed by atoms with Crippen LogP contribution in [0.1, 0.15) is 17.3 Å². The van der Waals surface area contributed by atoms with E-state index in [0.29, 0.717) is 23.0 Å². The molecule has 4 N–H and O–H groups in total. The van der Waals surface area contributed by atoms with E-state index < -0.39 is 15.3 Å². The molecule has 0 fully saturated rings. The summed E-state index contributed by atoms with van der Waals surface area (Å²) in [6.07, 6.45) is 0. The molecule has 0 saturated heterocycles. The average molecular weight is 314 g/mol. The molecule has 98 valence electrons. The SMILES string of the molecule is CC(=O)NCCNC(=O)c1ccc([As](O)O)cc1. The summed E-state index contributed by atoms with van der Waals surface area (Å²) < 4.78 is 18.5. The minimum atomic E-state index is -2.86. The normalized spacial score (nSPS) is 10.2. The van der Waals surface area contributed by atoms with Crippen LogP contribution >= 0.6 is 0 Å². The van der Waals surface area contributed by atoms with Crippen LogP contribution in [0.2, 0.25) is 0 Å². The van der Waals surface area contributed by atoms with Crippen LogP contribution in [-0.4, -0.2) is 48.4 Å². The van der Waals surface area contributed by atoms with E-state index in [4.69, 9.17) is 8.19 Å². The Morgan fingerprint density at radius 2 is 1.67 bits per heavy atom. The summed E-state index contributed by atoms with van der Waals surface area (Å²) in [5.41, 5.74) is 0.442. The van der Waals surface area contributed by atoms with Gasteiger partial charge in [0, 0.05) is 0 Å². The molecular formula is C11H15AsN2O4. The van der Waals surface area contributed by atoms with Gasteiger partial charge in [0.15, 0.2) is 0 Å². The Labute approximate surface area is 110 Å². The average Bonchev–Trinajstić information content (AvgIpc) is 2.34. The molecule has 0 bridgehead atoms. The second kappa shape index (κ2) is 7.16. The first-order valence-corrected chi connectivity index (χ1v) is 7.93. The van der Waals surface area contributed by atoms with E-state index >= 15 is 0 Å². The maximum atomic E-state index is 11.6. The fourth-order valence-corrected chi connectivity index (χ4v) is 2.14. The van der Waals surface area contributed by atoms with Gasteiger partial charge in [-0.1, -0.05) is 0 Å². The standard InChI is InChI=1S/C11H15AsN2O4/c1-8(15)13-6-7-14-11(16)9-2-4-10(5-3-9)12(17)18/h2-5,17-18H,6-7H2,1H3,(H,13,15)(H,14,16). The molecule has 0 atom stereocenters. The monoisotopic (exact) mass is 314 g/mol. The van der Waals surface area contributed by atoms with Crippen molar-refractivity contribution in [3.8, 4) is 0 Å². The van der Waals surface area contributed by atoms with E-state index in [2.05, 4.69) is 10.6 Å². The molecular weight excluding hydrogens is 299 g/mol. The number of amides is 2. The van der Waals surface area contributed by atoms with Gasteiger partial charge in [-0.05, 0) is 0 Å². The van der Waals surface area contributed by atoms with Crippen LogP contribution in [0.5, 0.6) is 0 Å². The molecule has 1 aromatic carbocycles. The number of hydrogen-bond donors (Lipinski definition) is 4. The zero-order valence-corrected chi connectivity index (χ0v) is 11.8. The van der Waals surface area contributed by atoms with E-state index in [9.17, 15) is 9.59 Å². The van der Waals surface area contributed by atoms with Gasteiger partial charge in [-0.25, -0.2) is 0 Å². The number of rotatable bonds is 5. The third kappa shape index (κ3) is 4.87. The van der Waals surface area contributed by atoms with Gasteiger partial charge < -0.3 is 0 Å². The summed E-state index contributed by atoms with van der Waals surface area (Å²) in [6.45, 7) is 2.13. The number of carbonyl (C=O) groups is 2. The fourth-order valence-electron chi connectivity index (χ4n) is 1.26. The predicted octanol–water partition coefficient (Wildman–Crippen LogP) is -1.77. The van der Waals surface area contributed by atoms with Crippen molar-refractivity contribution in [1.29, 1.82) is 0 Å². The Morgan fingerprint density at radius 3 is 2.17 bits per heavy atom. The molecule has 0 aliphatic heterocycles. The Hall–Kier alpha value is -1.36. The molecule has 18 heavy (non-hydrogen) atoms. The fraction of sp³-hybridized carbons (Fsp3) is 0.273. The van der Waals surface area contributed by atoms with Crippen molar-refractivity contribution in [2.45, 2.75) is 6.92 Å². The summed E-state index contributed by atoms with van der Waals surface area (Å²) in [6, 6.07) is 6.14. The molecule has 1 rings (SSSR count). The summed E-state index contributed by atoms with van der Waals surface area (Å²) in [4.78, 5) is 22.2. The zero-order chi connectivity index (χ0) is 13.5. The van der Waals surface area contributed by atoms with Gasteiger partial charge >= 0.3 is 110 Å². The Morgan fingerprint density at radius 1 is 1.11 bits per heavy atom. The number of hydrogen-bond acceptors (Lipinski definition) is 4. The van der Waals surface area contributed by atoms with Crippen LogP contribution in [0.3, 0.4) is 0 Å². The molecule has 0 spiro atoms. The molecule has 0 aliphatic rings. The van der Waals surface area contributed by atoms with Gasteiger partial charge in [-0.2, -0.15) is 0 Å². The van der Waals surface area contributed by atoms with Crippen molar-refractivity contribution in [2.75, 3.05) is 13.1 Å². The van der Waals surface area contributed by atoms with Crippen molar-refractivity contribution < 1.29 is 17.8 Å². The summed E-state index contributed by atoms with van der Waals surface area (Å²) in [5, 5.41) is 5.20. The van der Waals surface area contributed by atoms with Gasteiger partial charge in [-0.3, -0.25) is 0 Å². The van der Waals surface area contributed by atoms with Crippen molar-refractivity contribution in [2.24, 2.45) is 0 Å². The zero-order valence-electron chi connectivity index (χ0n) is 9.88. The number of nitrogens with one attached hydrogen (secondary N) is 2. The molecule has 6 nitrogen and oxygen atoms in total. The molecule has 0 aromatic heterocycles. The minimum absolute atomic E-state index is 0.143. The van der Waals surface area contributed by atoms with Crippen molar-refractivity contribution in [3.05, 3.63) is 29.8 Å². The van der Waals surface area contributed by atoms with Gasteiger partial charge in [0.05, 0.1) is 0 Å². The van der Waals surface area contributed by atoms with E-state index in [0.717, 1.165) is 0 Å². The molecule has 0 heterocycles. The molecule has 0 aliphatic carbocycles. The second-order valence-corrected chi connectivity index (χ2v) is 5.87. The molecule has 1 aromatic rings. The molecule has 2 amide bonds. The van der Waals surface area contributed by atoms with Crippen molar-refractivity contribution in [3.63, 3.8) is 0 Å². The molecule has 0 radical (unpaired) electrons. The van der Waals surface area contributed by atoms with E-state index in [1.165, 1.54) is 31.2 Å². The van der Waals surface area contributed by atoms with Gasteiger partial charge in [0.25, 0.3) is 0 Å². The van der Waals surface area contributed by atoms with Crippen LogP contribution in [0.4, 0.5) is 0 Å². The van der Waals surface area contributed by atoms with E-state index in [1.54, 1.807) is 0 Å². The van der Waals surface area contributed by atoms with Crippen LogP contribution in [0.15, 0.2) is 24.3 Å². The van der Waals surface area contributed by atoms with Crippen molar-refractivity contribution in [1.82, 2.24) is 10.6 Å². The first-order valence-electron chi connectivity index (χ1n) is 5.31. The molecule has 0 unspecified atom stereocenters. The van der Waals surface area contributed by atoms with Crippen LogP contribution < -0.4 is 15.0 Å². The Balaban J connectivity index is 2.44. The maximum absolute atomic E-state index is 11.6. The molecule has 7 heteroatoms. The quantitative estimate of drug-likeness (QED) is 0.382. The summed E-state index contributed by atoms with van der Waals surface area (Å²) >= 11 is -2.86. The first kappa shape index (κ1) is 14.7. The summed E-state index contributed by atoms with van der Waals surface area (Å²) in [7, 11) is 0. The van der Waals surface area contributed by atoms with Crippen LogP contribution in [0.25, 0.3) is 0 Å². The second-order valence-electron chi connectivity index (χ2n) is 3.58. The van der Waals surface area contributed by atoms with Gasteiger partial charge in [-0.15, -0.1) is 0 Å².